The Morgan fingerprint density at radius 1 is 1.69 bits per heavy atom. The van der Waals surface area contributed by atoms with E-state index in [1.165, 1.54) is 6.20 Å². The highest BCUT2D eigenvalue weighted by molar-refractivity contribution is 6.30. The first-order valence-electron chi connectivity index (χ1n) is 4.95. The number of carbonyl (C=O) groups is 1. The summed E-state index contributed by atoms with van der Waals surface area (Å²) in [6.45, 7) is 4.27. The van der Waals surface area contributed by atoms with Crippen LogP contribution in [-0.4, -0.2) is 17.4 Å². The van der Waals surface area contributed by atoms with Gasteiger partial charge < -0.3 is 5.73 Å². The van der Waals surface area contributed by atoms with Gasteiger partial charge in [0, 0.05) is 25.1 Å². The normalized spacial score (nSPS) is 20.2. The second-order valence-corrected chi connectivity index (χ2v) is 4.21. The highest BCUT2D eigenvalue weighted by atomic mass is 35.5. The predicted octanol–water partition coefficient (Wildman–Crippen LogP) is 1.86. The van der Waals surface area contributed by atoms with Gasteiger partial charge in [-0.1, -0.05) is 17.7 Å². The van der Waals surface area contributed by atoms with Crippen molar-refractivity contribution < 1.29 is 4.79 Å². The Balaban J connectivity index is 2.31. The van der Waals surface area contributed by atoms with Crippen LogP contribution in [0.3, 0.4) is 0 Å². The molecule has 1 fully saturated rings. The minimum Gasteiger partial charge on any atom is -0.396 e. The van der Waals surface area contributed by atoms with E-state index in [0.29, 0.717) is 29.5 Å². The van der Waals surface area contributed by atoms with Gasteiger partial charge in [-0.15, -0.1) is 6.58 Å². The van der Waals surface area contributed by atoms with Crippen molar-refractivity contribution >= 4 is 29.0 Å². The smallest absolute Gasteiger partial charge is 0.228 e. The van der Waals surface area contributed by atoms with E-state index in [9.17, 15) is 4.79 Å². The number of nitrogens with zero attached hydrogens (tertiary/aromatic N) is 2. The Morgan fingerprint density at radius 3 is 3.00 bits per heavy atom. The van der Waals surface area contributed by atoms with Crippen LogP contribution in [0.1, 0.15) is 6.42 Å². The molecule has 0 radical (unpaired) electrons. The largest absolute Gasteiger partial charge is 0.396 e. The van der Waals surface area contributed by atoms with E-state index in [4.69, 9.17) is 17.3 Å². The van der Waals surface area contributed by atoms with Crippen LogP contribution in [0.15, 0.2) is 24.9 Å². The summed E-state index contributed by atoms with van der Waals surface area (Å²) < 4.78 is 0. The van der Waals surface area contributed by atoms with Crippen molar-refractivity contribution in [3.05, 3.63) is 29.9 Å². The summed E-state index contributed by atoms with van der Waals surface area (Å²) in [4.78, 5) is 17.4. The van der Waals surface area contributed by atoms with Crippen LogP contribution in [-0.2, 0) is 4.79 Å². The summed E-state index contributed by atoms with van der Waals surface area (Å²) in [7, 11) is 0. The van der Waals surface area contributed by atoms with Crippen LogP contribution in [0, 0.1) is 5.92 Å². The van der Waals surface area contributed by atoms with Gasteiger partial charge in [0.05, 0.1) is 10.7 Å². The van der Waals surface area contributed by atoms with Crippen LogP contribution in [0.2, 0.25) is 5.02 Å². The molecule has 2 rings (SSSR count). The average molecular weight is 238 g/mol. The van der Waals surface area contributed by atoms with Crippen LogP contribution in [0.5, 0.6) is 0 Å². The number of aromatic nitrogens is 1. The molecule has 1 unspecified atom stereocenters. The molecule has 16 heavy (non-hydrogen) atoms. The number of nitrogens with two attached hydrogens (primary N) is 1. The molecule has 0 spiro atoms. The Kier molecular flexibility index (Phi) is 2.83. The van der Waals surface area contributed by atoms with Crippen LogP contribution < -0.4 is 10.6 Å². The quantitative estimate of drug-likeness (QED) is 0.799. The van der Waals surface area contributed by atoms with Gasteiger partial charge in [-0.25, -0.2) is 4.98 Å². The summed E-state index contributed by atoms with van der Waals surface area (Å²) in [6.07, 6.45) is 3.74. The number of halogens is 1. The lowest BCUT2D eigenvalue weighted by atomic mass is 10.1. The molecule has 0 aliphatic carbocycles. The summed E-state index contributed by atoms with van der Waals surface area (Å²) in [6, 6.07) is 1.60. The average Bonchev–Trinajstić information content (AvgIpc) is 2.60. The molecule has 2 N–H and O–H groups in total. The molecule has 2 heterocycles. The molecule has 1 amide bonds. The van der Waals surface area contributed by atoms with Crippen molar-refractivity contribution in [1.82, 2.24) is 4.98 Å². The van der Waals surface area contributed by atoms with Gasteiger partial charge in [0.25, 0.3) is 0 Å². The maximum absolute atomic E-state index is 11.7. The first kappa shape index (κ1) is 11.0. The predicted molar refractivity (Wildman–Crippen MR) is 64.3 cm³/mol. The van der Waals surface area contributed by atoms with Crippen molar-refractivity contribution in [2.45, 2.75) is 6.42 Å². The molecule has 0 bridgehead atoms. The van der Waals surface area contributed by atoms with Gasteiger partial charge >= 0.3 is 0 Å². The van der Waals surface area contributed by atoms with E-state index in [-0.39, 0.29) is 11.8 Å². The molecule has 4 nitrogen and oxygen atoms in total. The molecular formula is C11H12ClN3O. The lowest BCUT2D eigenvalue weighted by Gasteiger charge is -2.16. The SMILES string of the molecule is C=CC1CC(=O)N(c2ncc(Cl)cc2N)C1. The summed E-state index contributed by atoms with van der Waals surface area (Å²) >= 11 is 5.75. The molecule has 1 aliphatic rings. The topological polar surface area (TPSA) is 59.2 Å². The van der Waals surface area contributed by atoms with Crippen molar-refractivity contribution in [2.24, 2.45) is 5.92 Å². The van der Waals surface area contributed by atoms with Gasteiger partial charge in [0.1, 0.15) is 0 Å². The highest BCUT2D eigenvalue weighted by Crippen LogP contribution is 2.29. The maximum Gasteiger partial charge on any atom is 0.228 e. The molecule has 0 saturated carbocycles. The van der Waals surface area contributed by atoms with Crippen molar-refractivity contribution in [1.29, 1.82) is 0 Å². The highest BCUT2D eigenvalue weighted by Gasteiger charge is 2.30. The third kappa shape index (κ3) is 1.88. The van der Waals surface area contributed by atoms with E-state index in [1.807, 2.05) is 0 Å². The molecule has 0 aromatic carbocycles. The molecule has 1 aromatic rings. The number of hydrogen-bond acceptors (Lipinski definition) is 3. The first-order chi connectivity index (χ1) is 7.61. The molecular weight excluding hydrogens is 226 g/mol. The summed E-state index contributed by atoms with van der Waals surface area (Å²) in [5.41, 5.74) is 6.21. The fourth-order valence-corrected chi connectivity index (χ4v) is 1.94. The number of carbonyl (C=O) groups excluding carboxylic acids is 1. The fourth-order valence-electron chi connectivity index (χ4n) is 1.77. The number of hydrogen-bond donors (Lipinski definition) is 1. The van der Waals surface area contributed by atoms with Gasteiger partial charge in [-0.2, -0.15) is 0 Å². The minimum atomic E-state index is 0.0198. The first-order valence-corrected chi connectivity index (χ1v) is 5.33. The molecule has 1 aliphatic heterocycles. The lowest BCUT2D eigenvalue weighted by Crippen LogP contribution is -2.26. The maximum atomic E-state index is 11.7. The molecule has 1 aromatic heterocycles. The second kappa shape index (κ2) is 4.14. The monoisotopic (exact) mass is 237 g/mol. The zero-order valence-corrected chi connectivity index (χ0v) is 9.44. The molecule has 84 valence electrons. The van der Waals surface area contributed by atoms with Gasteiger partial charge in [0.15, 0.2) is 5.82 Å². The van der Waals surface area contributed by atoms with E-state index < -0.39 is 0 Å². The Morgan fingerprint density at radius 2 is 2.44 bits per heavy atom. The number of rotatable bonds is 2. The van der Waals surface area contributed by atoms with E-state index in [2.05, 4.69) is 11.6 Å². The van der Waals surface area contributed by atoms with Crippen LogP contribution in [0.25, 0.3) is 0 Å². The molecule has 1 atom stereocenters. The van der Waals surface area contributed by atoms with Crippen molar-refractivity contribution in [3.63, 3.8) is 0 Å². The van der Waals surface area contributed by atoms with Gasteiger partial charge in [-0.3, -0.25) is 9.69 Å². The van der Waals surface area contributed by atoms with Crippen LogP contribution in [0.4, 0.5) is 11.5 Å². The standard InChI is InChI=1S/C11H12ClN3O/c1-2-7-3-10(16)15(6-7)11-9(13)4-8(12)5-14-11/h2,4-5,7H,1,3,6,13H2. The zero-order chi connectivity index (χ0) is 11.7. The van der Waals surface area contributed by atoms with Crippen molar-refractivity contribution in [2.75, 3.05) is 17.2 Å². The molecule has 1 saturated heterocycles. The number of anilines is 2. The van der Waals surface area contributed by atoms with Crippen LogP contribution >= 0.6 is 11.6 Å². The van der Waals surface area contributed by atoms with Gasteiger partial charge in [-0.05, 0) is 6.07 Å². The van der Waals surface area contributed by atoms with E-state index in [1.54, 1.807) is 17.0 Å². The second-order valence-electron chi connectivity index (χ2n) is 3.77. The van der Waals surface area contributed by atoms with E-state index in [0.717, 1.165) is 0 Å². The number of nitrogen functional groups attached to an aromatic ring is 1. The lowest BCUT2D eigenvalue weighted by molar-refractivity contribution is -0.117. The fraction of sp³-hybridized carbons (Fsp3) is 0.273. The number of pyridine rings is 1. The Bertz CT molecular complexity index is 447. The molecule has 5 heteroatoms. The Hall–Kier alpha value is -1.55. The minimum absolute atomic E-state index is 0.0198. The summed E-state index contributed by atoms with van der Waals surface area (Å²) in [5.74, 6) is 0.676. The third-order valence-corrected chi connectivity index (χ3v) is 2.81. The Labute approximate surface area is 98.7 Å². The summed E-state index contributed by atoms with van der Waals surface area (Å²) in [5, 5.41) is 0.466. The van der Waals surface area contributed by atoms with Gasteiger partial charge in [0.2, 0.25) is 5.91 Å². The van der Waals surface area contributed by atoms with E-state index >= 15 is 0 Å². The number of amides is 1. The zero-order valence-electron chi connectivity index (χ0n) is 8.69. The third-order valence-electron chi connectivity index (χ3n) is 2.61. The van der Waals surface area contributed by atoms with Crippen molar-refractivity contribution in [3.8, 4) is 0 Å².